The third-order valence-electron chi connectivity index (χ3n) is 3.95. The van der Waals surface area contributed by atoms with E-state index in [2.05, 4.69) is 5.32 Å². The molecule has 0 radical (unpaired) electrons. The Balaban J connectivity index is 2.28. The van der Waals surface area contributed by atoms with Crippen molar-refractivity contribution in [3.63, 3.8) is 0 Å². The number of sulfone groups is 1. The molecule has 0 bridgehead atoms. The van der Waals surface area contributed by atoms with Crippen LogP contribution in [0.15, 0.2) is 53.4 Å². The van der Waals surface area contributed by atoms with Crippen LogP contribution in [0.3, 0.4) is 0 Å². The molecule has 2 rings (SSSR count). The van der Waals surface area contributed by atoms with Crippen molar-refractivity contribution in [3.05, 3.63) is 59.7 Å². The van der Waals surface area contributed by atoms with Crippen LogP contribution in [-0.4, -0.2) is 40.8 Å². The van der Waals surface area contributed by atoms with Crippen LogP contribution >= 0.6 is 0 Å². The first-order chi connectivity index (χ1) is 12.7. The molecule has 7 nitrogen and oxygen atoms in total. The molecule has 0 spiro atoms. The van der Waals surface area contributed by atoms with Crippen LogP contribution in [0.25, 0.3) is 0 Å². The van der Waals surface area contributed by atoms with Gasteiger partial charge in [-0.3, -0.25) is 9.59 Å². The molecule has 0 heterocycles. The molecule has 0 aliphatic rings. The van der Waals surface area contributed by atoms with Gasteiger partial charge in [-0.25, -0.2) is 8.42 Å². The lowest BCUT2D eigenvalue weighted by Crippen LogP contribution is -2.30. The lowest BCUT2D eigenvalue weighted by molar-refractivity contribution is -0.141. The van der Waals surface area contributed by atoms with E-state index in [0.29, 0.717) is 11.3 Å². The van der Waals surface area contributed by atoms with Crippen molar-refractivity contribution < 1.29 is 27.5 Å². The number of rotatable bonds is 7. The molecule has 1 atom stereocenters. The summed E-state index contributed by atoms with van der Waals surface area (Å²) in [5, 5.41) is 2.76. The molecule has 0 saturated heterocycles. The summed E-state index contributed by atoms with van der Waals surface area (Å²) in [5.41, 5.74) is 0.870. The zero-order valence-electron chi connectivity index (χ0n) is 15.3. The molecule has 0 aliphatic heterocycles. The number of ether oxygens (including phenoxy) is 2. The average Bonchev–Trinajstić information content (AvgIpc) is 2.66. The standard InChI is InChI=1S/C19H21NO6S/c1-25-15-9-7-13(8-10-15)17(12-18(21)26-2)20-19(22)14-5-4-6-16(11-14)27(3,23)24/h4-11,17H,12H2,1-3H3,(H,20,22). The van der Waals surface area contributed by atoms with E-state index in [1.807, 2.05) is 0 Å². The van der Waals surface area contributed by atoms with Gasteiger partial charge in [0, 0.05) is 11.8 Å². The van der Waals surface area contributed by atoms with Crippen LogP contribution in [0, 0.1) is 0 Å². The van der Waals surface area contributed by atoms with E-state index in [4.69, 9.17) is 9.47 Å². The van der Waals surface area contributed by atoms with Gasteiger partial charge in [-0.2, -0.15) is 0 Å². The maximum atomic E-state index is 12.6. The fraction of sp³-hybridized carbons (Fsp3) is 0.263. The van der Waals surface area contributed by atoms with Crippen LogP contribution in [0.4, 0.5) is 0 Å². The van der Waals surface area contributed by atoms with Gasteiger partial charge in [-0.1, -0.05) is 18.2 Å². The molecule has 1 N–H and O–H groups in total. The van der Waals surface area contributed by atoms with Crippen molar-refractivity contribution in [2.45, 2.75) is 17.4 Å². The Hall–Kier alpha value is -2.87. The number of esters is 1. The molecule has 0 aromatic heterocycles. The quantitative estimate of drug-likeness (QED) is 0.726. The number of benzene rings is 2. The van der Waals surface area contributed by atoms with Gasteiger partial charge < -0.3 is 14.8 Å². The fourth-order valence-electron chi connectivity index (χ4n) is 2.45. The van der Waals surface area contributed by atoms with Gasteiger partial charge in [-0.05, 0) is 35.9 Å². The number of nitrogens with one attached hydrogen (secondary N) is 1. The van der Waals surface area contributed by atoms with Crippen molar-refractivity contribution in [2.24, 2.45) is 0 Å². The largest absolute Gasteiger partial charge is 0.497 e. The van der Waals surface area contributed by atoms with Gasteiger partial charge in [0.05, 0.1) is 31.6 Å². The SMILES string of the molecule is COC(=O)CC(NC(=O)c1cccc(S(C)(=O)=O)c1)c1ccc(OC)cc1. The molecular formula is C19H21NO6S. The molecule has 0 aliphatic carbocycles. The Morgan fingerprint density at radius 3 is 2.30 bits per heavy atom. The van der Waals surface area contributed by atoms with E-state index in [1.54, 1.807) is 24.3 Å². The van der Waals surface area contributed by atoms with Gasteiger partial charge >= 0.3 is 5.97 Å². The third-order valence-corrected chi connectivity index (χ3v) is 5.06. The van der Waals surface area contributed by atoms with Gasteiger partial charge in [0.15, 0.2) is 9.84 Å². The van der Waals surface area contributed by atoms with E-state index in [0.717, 1.165) is 6.26 Å². The monoisotopic (exact) mass is 391 g/mol. The van der Waals surface area contributed by atoms with Gasteiger partial charge in [-0.15, -0.1) is 0 Å². The summed E-state index contributed by atoms with van der Waals surface area (Å²) in [7, 11) is -0.630. The smallest absolute Gasteiger partial charge is 0.307 e. The first-order valence-electron chi connectivity index (χ1n) is 8.06. The van der Waals surface area contributed by atoms with E-state index in [-0.39, 0.29) is 16.9 Å². The predicted octanol–water partition coefficient (Wildman–Crippen LogP) is 2.13. The second-order valence-corrected chi connectivity index (χ2v) is 7.90. The van der Waals surface area contributed by atoms with Crippen LogP contribution in [-0.2, 0) is 19.4 Å². The van der Waals surface area contributed by atoms with Gasteiger partial charge in [0.25, 0.3) is 5.91 Å². The molecule has 8 heteroatoms. The highest BCUT2D eigenvalue weighted by Crippen LogP contribution is 2.22. The highest BCUT2D eigenvalue weighted by atomic mass is 32.2. The zero-order chi connectivity index (χ0) is 20.0. The number of carbonyl (C=O) groups is 2. The summed E-state index contributed by atoms with van der Waals surface area (Å²) in [6.07, 6.45) is 1.00. The molecule has 0 saturated carbocycles. The van der Waals surface area contributed by atoms with Crippen LogP contribution in [0.1, 0.15) is 28.4 Å². The molecule has 1 unspecified atom stereocenters. The first-order valence-corrected chi connectivity index (χ1v) is 9.95. The zero-order valence-corrected chi connectivity index (χ0v) is 16.1. The summed E-state index contributed by atoms with van der Waals surface area (Å²) >= 11 is 0. The normalized spacial score (nSPS) is 12.1. The lowest BCUT2D eigenvalue weighted by atomic mass is 10.0. The maximum absolute atomic E-state index is 12.6. The van der Waals surface area contributed by atoms with E-state index >= 15 is 0 Å². The predicted molar refractivity (Wildman–Crippen MR) is 99.4 cm³/mol. The Labute approximate surface area is 158 Å². The first kappa shape index (κ1) is 20.4. The highest BCUT2D eigenvalue weighted by molar-refractivity contribution is 7.90. The fourth-order valence-corrected chi connectivity index (χ4v) is 3.11. The number of hydrogen-bond donors (Lipinski definition) is 1. The number of methoxy groups -OCH3 is 2. The topological polar surface area (TPSA) is 98.8 Å². The Kier molecular flexibility index (Phi) is 6.57. The van der Waals surface area contributed by atoms with Crippen molar-refractivity contribution >= 4 is 21.7 Å². The van der Waals surface area contributed by atoms with Crippen LogP contribution < -0.4 is 10.1 Å². The van der Waals surface area contributed by atoms with Crippen molar-refractivity contribution in [2.75, 3.05) is 20.5 Å². The number of amides is 1. The van der Waals surface area contributed by atoms with E-state index < -0.39 is 27.8 Å². The summed E-state index contributed by atoms with van der Waals surface area (Å²) in [4.78, 5) is 24.4. The van der Waals surface area contributed by atoms with Crippen LogP contribution in [0.2, 0.25) is 0 Å². The van der Waals surface area contributed by atoms with Crippen molar-refractivity contribution in [3.8, 4) is 5.75 Å². The highest BCUT2D eigenvalue weighted by Gasteiger charge is 2.20. The number of carbonyl (C=O) groups excluding carboxylic acids is 2. The number of hydrogen-bond acceptors (Lipinski definition) is 6. The molecule has 144 valence electrons. The summed E-state index contributed by atoms with van der Waals surface area (Å²) in [6.45, 7) is 0. The Morgan fingerprint density at radius 2 is 1.74 bits per heavy atom. The second-order valence-electron chi connectivity index (χ2n) is 5.88. The van der Waals surface area contributed by atoms with E-state index in [9.17, 15) is 18.0 Å². The summed E-state index contributed by atoms with van der Waals surface area (Å²) in [5.74, 6) is -0.339. The van der Waals surface area contributed by atoms with E-state index in [1.165, 1.54) is 38.5 Å². The molecular weight excluding hydrogens is 370 g/mol. The average molecular weight is 391 g/mol. The lowest BCUT2D eigenvalue weighted by Gasteiger charge is -2.19. The molecule has 1 amide bonds. The molecule has 2 aromatic carbocycles. The summed E-state index contributed by atoms with van der Waals surface area (Å²) < 4.78 is 33.2. The molecule has 2 aromatic rings. The second kappa shape index (κ2) is 8.68. The minimum atomic E-state index is -3.44. The van der Waals surface area contributed by atoms with Gasteiger partial charge in [0.2, 0.25) is 0 Å². The van der Waals surface area contributed by atoms with Crippen LogP contribution in [0.5, 0.6) is 5.75 Å². The molecule has 0 fully saturated rings. The molecule has 27 heavy (non-hydrogen) atoms. The minimum absolute atomic E-state index is 0.0455. The van der Waals surface area contributed by atoms with Crippen molar-refractivity contribution in [1.82, 2.24) is 5.32 Å². The minimum Gasteiger partial charge on any atom is -0.497 e. The Bertz CT molecular complexity index is 921. The maximum Gasteiger partial charge on any atom is 0.307 e. The summed E-state index contributed by atoms with van der Waals surface area (Å²) in [6, 6.07) is 12.0. The Morgan fingerprint density at radius 1 is 1.07 bits per heavy atom. The third kappa shape index (κ3) is 5.55. The van der Waals surface area contributed by atoms with Gasteiger partial charge in [0.1, 0.15) is 5.75 Å². The van der Waals surface area contributed by atoms with Crippen molar-refractivity contribution in [1.29, 1.82) is 0 Å².